The van der Waals surface area contributed by atoms with Crippen LogP contribution in [0.25, 0.3) is 0 Å². The van der Waals surface area contributed by atoms with E-state index in [9.17, 15) is 4.39 Å². The molecule has 4 fully saturated rings. The maximum absolute atomic E-state index is 12.4. The average Bonchev–Trinajstić information content (AvgIpc) is 3.39. The van der Waals surface area contributed by atoms with E-state index in [0.29, 0.717) is 60.6 Å². The minimum Gasteiger partial charge on any atom is -0.383 e. The van der Waals surface area contributed by atoms with Crippen LogP contribution in [0.5, 0.6) is 0 Å². The second-order valence-corrected chi connectivity index (χ2v) is 28.1. The number of hydrogen-bond acceptors (Lipinski definition) is 9. The Labute approximate surface area is 598 Å². The monoisotopic (exact) mass is 1360 g/mol. The maximum atomic E-state index is 12.4. The number of benzene rings is 4. The van der Waals surface area contributed by atoms with E-state index in [2.05, 4.69) is 179 Å². The molecule has 0 aliphatic heterocycles. The molecule has 11 heteroatoms. The number of rotatable bonds is 19. The van der Waals surface area contributed by atoms with E-state index in [1.165, 1.54) is 139 Å². The first-order chi connectivity index (χ1) is 42.1. The summed E-state index contributed by atoms with van der Waals surface area (Å²) < 4.78 is 23.4. The van der Waals surface area contributed by atoms with E-state index < -0.39 is 0 Å². The molecular weight excluding hydrogens is 1190 g/mol. The quantitative estimate of drug-likeness (QED) is 0.0549. The van der Waals surface area contributed by atoms with Gasteiger partial charge in [-0.05, 0) is 208 Å². The zero-order chi connectivity index (χ0) is 66.9. The molecule has 0 amide bonds. The zero-order valence-electron chi connectivity index (χ0n) is 60.9. The van der Waals surface area contributed by atoms with Crippen molar-refractivity contribution in [2.24, 2.45) is 0 Å². The number of para-hydroxylation sites is 1. The van der Waals surface area contributed by atoms with E-state index in [1.54, 1.807) is 12.1 Å². The Bertz CT molecular complexity index is 2040. The van der Waals surface area contributed by atoms with Gasteiger partial charge in [-0.1, -0.05) is 224 Å². The molecule has 0 heterocycles. The Morgan fingerprint density at radius 1 is 0.400 bits per heavy atom. The lowest BCUT2D eigenvalue weighted by atomic mass is 9.94. The lowest BCUT2D eigenvalue weighted by Crippen LogP contribution is -2.38. The molecule has 0 unspecified atom stereocenters. The number of hydrogen-bond donors (Lipinski definition) is 6. The molecule has 0 spiro atoms. The fraction of sp³-hybridized carbons (Fsp3) is 0.714. The van der Waals surface area contributed by atoms with Gasteiger partial charge in [-0.25, -0.2) is 4.39 Å². The van der Waals surface area contributed by atoms with Crippen molar-refractivity contribution in [1.82, 2.24) is 20.9 Å². The van der Waals surface area contributed by atoms with Gasteiger partial charge in [0.1, 0.15) is 5.82 Å². The van der Waals surface area contributed by atoms with E-state index in [4.69, 9.17) is 21.1 Å². The highest BCUT2D eigenvalue weighted by Crippen LogP contribution is 2.24. The van der Waals surface area contributed by atoms with Crippen LogP contribution in [0.1, 0.15) is 304 Å². The van der Waals surface area contributed by atoms with Crippen molar-refractivity contribution in [1.29, 1.82) is 0 Å². The van der Waals surface area contributed by atoms with Crippen LogP contribution in [-0.2, 0) is 16.1 Å². The summed E-state index contributed by atoms with van der Waals surface area (Å²) in [6, 6.07) is 41.7. The topological polar surface area (TPSA) is 93.9 Å². The SMILES string of the molecule is C.C.C.C.C.C.CC(C)N(C)C1CCCCC1.CC(C)NC(C)C.CC(C)NC1CCCC1.CC(C)NC1CCCCC1.CC(C)Nc1ccc(Cl)cc1.CC(C)Nc1ccc(F)cc1.CC(C)Nc1ccccc1.CC(C)OC1CCCC1.CC(C)OCc1ccccc1. The summed E-state index contributed by atoms with van der Waals surface area (Å²) in [5, 5.41) is 20.9. The van der Waals surface area contributed by atoms with Gasteiger partial charge < -0.3 is 46.3 Å². The molecule has 0 radical (unpaired) electrons. The van der Waals surface area contributed by atoms with E-state index in [1.807, 2.05) is 88.4 Å². The normalized spacial score (nSPS) is 14.3. The second-order valence-electron chi connectivity index (χ2n) is 27.7. The van der Waals surface area contributed by atoms with Gasteiger partial charge in [-0.2, -0.15) is 0 Å². The number of halogens is 2. The van der Waals surface area contributed by atoms with Crippen molar-refractivity contribution in [2.45, 2.75) is 390 Å². The van der Waals surface area contributed by atoms with E-state index in [-0.39, 0.29) is 50.4 Å². The number of nitrogens with zero attached hydrogens (tertiary/aromatic N) is 1. The van der Waals surface area contributed by atoms with Gasteiger partial charge in [0.05, 0.1) is 24.9 Å². The molecule has 4 aromatic rings. The summed E-state index contributed by atoms with van der Waals surface area (Å²) in [5.74, 6) is -0.195. The van der Waals surface area contributed by atoms with Crippen LogP contribution < -0.4 is 31.9 Å². The third-order valence-electron chi connectivity index (χ3n) is 14.8. The number of anilines is 3. The van der Waals surface area contributed by atoms with Gasteiger partial charge in [0.2, 0.25) is 0 Å². The molecule has 0 saturated heterocycles. The predicted octanol–water partition coefficient (Wildman–Crippen LogP) is 25.4. The summed E-state index contributed by atoms with van der Waals surface area (Å²) in [5.41, 5.74) is 4.50. The summed E-state index contributed by atoms with van der Waals surface area (Å²) in [6.07, 6.45) is 26.7. The van der Waals surface area contributed by atoms with Crippen molar-refractivity contribution >= 4 is 28.7 Å². The van der Waals surface area contributed by atoms with Gasteiger partial charge in [0, 0.05) is 88.5 Å². The summed E-state index contributed by atoms with van der Waals surface area (Å²) in [7, 11) is 2.26. The number of nitrogens with one attached hydrogen (secondary N) is 6. The molecule has 95 heavy (non-hydrogen) atoms. The fourth-order valence-electron chi connectivity index (χ4n) is 10.8. The summed E-state index contributed by atoms with van der Waals surface area (Å²) >= 11 is 5.72. The van der Waals surface area contributed by atoms with Crippen LogP contribution in [0, 0.1) is 5.82 Å². The molecular formula is C84H163ClFN7O2. The largest absolute Gasteiger partial charge is 0.383 e. The Morgan fingerprint density at radius 3 is 1.06 bits per heavy atom. The highest BCUT2D eigenvalue weighted by atomic mass is 35.5. The van der Waals surface area contributed by atoms with Gasteiger partial charge >= 0.3 is 0 Å². The van der Waals surface area contributed by atoms with E-state index >= 15 is 0 Å². The first kappa shape index (κ1) is 105. The molecule has 0 bridgehead atoms. The molecule has 4 aliphatic carbocycles. The summed E-state index contributed by atoms with van der Waals surface area (Å²) in [4.78, 5) is 2.53. The fourth-order valence-corrected chi connectivity index (χ4v) is 10.9. The molecule has 0 atom stereocenters. The van der Waals surface area contributed by atoms with Crippen molar-refractivity contribution < 1.29 is 13.9 Å². The van der Waals surface area contributed by atoms with Gasteiger partial charge in [0.25, 0.3) is 0 Å². The molecule has 9 nitrogen and oxygen atoms in total. The third-order valence-corrected chi connectivity index (χ3v) is 15.0. The minimum atomic E-state index is -0.195. The van der Waals surface area contributed by atoms with Crippen molar-refractivity contribution in [3.63, 3.8) is 0 Å². The van der Waals surface area contributed by atoms with Gasteiger partial charge in [-0.15, -0.1) is 0 Å². The highest BCUT2D eigenvalue weighted by molar-refractivity contribution is 6.30. The van der Waals surface area contributed by atoms with Crippen molar-refractivity contribution in [3.05, 3.63) is 126 Å². The Morgan fingerprint density at radius 2 is 0.737 bits per heavy atom. The standard InChI is InChI=1S/C10H21N.C10H14O.C9H12ClN.C9H12FN.C9H19N.C9H13N.C8H17N.C8H16O.C6H15N.6CH4/c1-9(2)11(3)10-7-5-4-6-8-10;1-9(2)11-8-10-6-4-3-5-7-10;2*1-7(2)11-9-5-3-8(10)4-6-9;2*1-8(2)10-9-6-4-3-5-7-9;2*1-7(2)9-8-5-3-4-6-8;1-5(2)7-6(3)4;;;;;;/h9-10H,4-8H2,1-3H3;3-7,9H,8H2,1-2H3;2*3-7,11H,1-2H3;8-10H,3-7H2,1-2H3;3-8,10H,1-2H3;7-9H,3-6H2,1-2H3;7-8H,3-6H2,1-2H3;5-7H,1-4H3;6*1H4. The first-order valence-electron chi connectivity index (χ1n) is 35.3. The minimum absolute atomic E-state index is 0. The number of ether oxygens (including phenoxy) is 2. The maximum Gasteiger partial charge on any atom is 0.123 e. The lowest BCUT2D eigenvalue weighted by Gasteiger charge is -2.33. The molecule has 560 valence electrons. The Hall–Kier alpha value is -3.74. The third kappa shape index (κ3) is 65.9. The first-order valence-corrected chi connectivity index (χ1v) is 35.7. The van der Waals surface area contributed by atoms with Crippen LogP contribution >= 0.6 is 11.6 Å². The van der Waals surface area contributed by atoms with Gasteiger partial charge in [0.15, 0.2) is 0 Å². The zero-order valence-corrected chi connectivity index (χ0v) is 61.7. The van der Waals surface area contributed by atoms with Crippen LogP contribution in [-0.4, -0.2) is 96.7 Å². The molecule has 8 rings (SSSR count). The molecule has 0 aromatic heterocycles. The highest BCUT2D eigenvalue weighted by Gasteiger charge is 2.20. The summed E-state index contributed by atoms with van der Waals surface area (Å²) in [6.45, 7) is 43.7. The van der Waals surface area contributed by atoms with E-state index in [0.717, 1.165) is 47.2 Å². The van der Waals surface area contributed by atoms with Crippen LogP contribution in [0.2, 0.25) is 5.02 Å². The molecule has 4 aliphatic rings. The van der Waals surface area contributed by atoms with Gasteiger partial charge in [-0.3, -0.25) is 0 Å². The Kier molecular flexibility index (Phi) is 72.9. The smallest absolute Gasteiger partial charge is 0.123 e. The predicted molar refractivity (Wildman–Crippen MR) is 435 cm³/mol. The van der Waals surface area contributed by atoms with Crippen molar-refractivity contribution in [3.8, 4) is 0 Å². The molecule has 6 N–H and O–H groups in total. The molecule has 4 saturated carbocycles. The Balaban J connectivity index is -0.000000182. The molecule has 4 aromatic carbocycles. The average molecular weight is 1360 g/mol. The van der Waals surface area contributed by atoms with Crippen molar-refractivity contribution in [2.75, 3.05) is 23.0 Å². The van der Waals surface area contributed by atoms with Crippen LogP contribution in [0.15, 0.2) is 109 Å². The second kappa shape index (κ2) is 66.2. The van der Waals surface area contributed by atoms with Crippen LogP contribution in [0.3, 0.4) is 0 Å². The van der Waals surface area contributed by atoms with Crippen LogP contribution in [0.4, 0.5) is 21.5 Å². The lowest BCUT2D eigenvalue weighted by molar-refractivity contribution is 0.0126.